The summed E-state index contributed by atoms with van der Waals surface area (Å²) in [7, 11) is 2.07. The molecule has 2 rings (SSSR count). The Morgan fingerprint density at radius 1 is 1.25 bits per heavy atom. The third kappa shape index (κ3) is 9.51. The molecule has 1 unspecified atom stereocenters. The van der Waals surface area contributed by atoms with Gasteiger partial charge >= 0.3 is 18.1 Å². The Morgan fingerprint density at radius 2 is 1.93 bits per heavy atom. The smallest absolute Gasteiger partial charge is 0.414 e. The molecule has 1 aliphatic rings. The van der Waals surface area contributed by atoms with Crippen LogP contribution in [0.3, 0.4) is 0 Å². The highest BCUT2D eigenvalue weighted by atomic mass is 32.2. The summed E-state index contributed by atoms with van der Waals surface area (Å²) in [4.78, 5) is 20.4. The average Bonchev–Trinajstić information content (AvgIpc) is 3.06. The van der Waals surface area contributed by atoms with Crippen LogP contribution in [0.1, 0.15) is 43.8 Å². The van der Waals surface area contributed by atoms with Gasteiger partial charge in [-0.15, -0.1) is 11.8 Å². The van der Waals surface area contributed by atoms with Crippen LogP contribution in [0.2, 0.25) is 0 Å². The fourth-order valence-corrected chi connectivity index (χ4v) is 4.05. The SMILES string of the molecule is CN1CCC=CC1c1nsnc1SCCCCCC(F)(F)F.O=C(O)C(=O)O. The van der Waals surface area contributed by atoms with Crippen molar-refractivity contribution in [3.8, 4) is 0 Å². The minimum absolute atomic E-state index is 0.167. The molecule has 1 aliphatic heterocycles. The molecule has 1 aromatic heterocycles. The van der Waals surface area contributed by atoms with Gasteiger partial charge in [-0.3, -0.25) is 4.90 Å². The number of likely N-dealkylation sites (N-methyl/N-ethyl adjacent to an activating group) is 1. The van der Waals surface area contributed by atoms with E-state index in [1.54, 1.807) is 11.8 Å². The Morgan fingerprint density at radius 3 is 2.50 bits per heavy atom. The zero-order chi connectivity index (χ0) is 21.2. The number of hydrogen-bond acceptors (Lipinski definition) is 7. The number of nitrogens with zero attached hydrogens (tertiary/aromatic N) is 3. The van der Waals surface area contributed by atoms with Gasteiger partial charge in [-0.05, 0) is 32.1 Å². The fourth-order valence-electron chi connectivity index (χ4n) is 2.33. The van der Waals surface area contributed by atoms with Gasteiger partial charge in [-0.1, -0.05) is 18.6 Å². The van der Waals surface area contributed by atoms with E-state index in [1.165, 1.54) is 11.7 Å². The average molecular weight is 441 g/mol. The summed E-state index contributed by atoms with van der Waals surface area (Å²) < 4.78 is 44.9. The molecule has 158 valence electrons. The molecule has 2 N–H and O–H groups in total. The van der Waals surface area contributed by atoms with Crippen molar-refractivity contribution < 1.29 is 33.0 Å². The van der Waals surface area contributed by atoms with Gasteiger partial charge in [-0.25, -0.2) is 9.59 Å². The third-order valence-electron chi connectivity index (χ3n) is 3.73. The molecule has 0 bridgehead atoms. The van der Waals surface area contributed by atoms with Crippen molar-refractivity contribution in [1.29, 1.82) is 0 Å². The Hall–Kier alpha value is -1.66. The van der Waals surface area contributed by atoms with E-state index < -0.39 is 24.5 Å². The van der Waals surface area contributed by atoms with E-state index >= 15 is 0 Å². The van der Waals surface area contributed by atoms with E-state index in [-0.39, 0.29) is 12.5 Å². The Kier molecular flexibility index (Phi) is 10.5. The molecule has 2 heterocycles. The molecular formula is C16H22F3N3O4S2. The standard InChI is InChI=1S/C14H20F3N3S2.C2H2O4/c1-20-9-5-3-7-11(20)12-13(19-22-18-12)21-10-6-2-4-8-14(15,16)17;3-1(4)2(5)6/h3,7,11H,2,4-6,8-10H2,1H3;(H,3,4)(H,5,6). The van der Waals surface area contributed by atoms with Gasteiger partial charge in [0.1, 0.15) is 10.7 Å². The largest absolute Gasteiger partial charge is 0.473 e. The van der Waals surface area contributed by atoms with Crippen molar-refractivity contribution in [2.24, 2.45) is 0 Å². The number of halogens is 3. The lowest BCUT2D eigenvalue weighted by molar-refractivity contribution is -0.159. The predicted octanol–water partition coefficient (Wildman–Crippen LogP) is 3.84. The molecule has 0 radical (unpaired) electrons. The first-order chi connectivity index (χ1) is 13.1. The van der Waals surface area contributed by atoms with E-state index in [9.17, 15) is 13.2 Å². The van der Waals surface area contributed by atoms with Crippen molar-refractivity contribution in [3.63, 3.8) is 0 Å². The van der Waals surface area contributed by atoms with Gasteiger partial charge in [0.05, 0.1) is 17.8 Å². The van der Waals surface area contributed by atoms with Crippen LogP contribution in [-0.2, 0) is 9.59 Å². The maximum Gasteiger partial charge on any atom is 0.414 e. The number of carbonyl (C=O) groups is 2. The zero-order valence-electron chi connectivity index (χ0n) is 15.2. The van der Waals surface area contributed by atoms with Crippen molar-refractivity contribution in [1.82, 2.24) is 13.6 Å². The number of rotatable bonds is 7. The number of carboxylic acids is 2. The van der Waals surface area contributed by atoms with Gasteiger partial charge in [0.2, 0.25) is 0 Å². The predicted molar refractivity (Wildman–Crippen MR) is 99.6 cm³/mol. The second-order valence-electron chi connectivity index (χ2n) is 5.98. The summed E-state index contributed by atoms with van der Waals surface area (Å²) in [6, 6.07) is 0.167. The summed E-state index contributed by atoms with van der Waals surface area (Å²) in [5.41, 5.74) is 0.976. The van der Waals surface area contributed by atoms with Crippen LogP contribution < -0.4 is 0 Å². The summed E-state index contributed by atoms with van der Waals surface area (Å²) in [5, 5.41) is 15.7. The van der Waals surface area contributed by atoms with Crippen LogP contribution in [0.25, 0.3) is 0 Å². The van der Waals surface area contributed by atoms with E-state index in [1.807, 2.05) is 0 Å². The summed E-state index contributed by atoms with van der Waals surface area (Å²) in [5.74, 6) is -2.86. The maximum absolute atomic E-state index is 12.1. The lowest BCUT2D eigenvalue weighted by Crippen LogP contribution is -2.27. The second kappa shape index (κ2) is 12.0. The second-order valence-corrected chi connectivity index (χ2v) is 7.59. The van der Waals surface area contributed by atoms with Gasteiger partial charge in [0.25, 0.3) is 0 Å². The van der Waals surface area contributed by atoms with Gasteiger partial charge < -0.3 is 10.2 Å². The monoisotopic (exact) mass is 441 g/mol. The zero-order valence-corrected chi connectivity index (χ0v) is 16.8. The van der Waals surface area contributed by atoms with E-state index in [2.05, 4.69) is 32.8 Å². The van der Waals surface area contributed by atoms with Crippen molar-refractivity contribution >= 4 is 35.4 Å². The summed E-state index contributed by atoms with van der Waals surface area (Å²) >= 11 is 2.81. The summed E-state index contributed by atoms with van der Waals surface area (Å²) in [6.45, 7) is 1.00. The van der Waals surface area contributed by atoms with E-state index in [4.69, 9.17) is 19.8 Å². The molecule has 7 nitrogen and oxygen atoms in total. The van der Waals surface area contributed by atoms with E-state index in [0.717, 1.165) is 35.9 Å². The molecule has 0 spiro atoms. The van der Waals surface area contributed by atoms with Gasteiger partial charge in [-0.2, -0.15) is 21.9 Å². The van der Waals surface area contributed by atoms with Crippen molar-refractivity contribution in [3.05, 3.63) is 17.8 Å². The number of thioether (sulfide) groups is 1. The van der Waals surface area contributed by atoms with Crippen LogP contribution in [-0.4, -0.2) is 61.3 Å². The normalized spacial score (nSPS) is 17.1. The number of aliphatic carboxylic acids is 2. The molecule has 0 saturated carbocycles. The molecule has 0 aromatic carbocycles. The van der Waals surface area contributed by atoms with Crippen LogP contribution in [0, 0.1) is 0 Å². The Labute approximate surface area is 169 Å². The van der Waals surface area contributed by atoms with E-state index in [0.29, 0.717) is 6.42 Å². The minimum atomic E-state index is -4.03. The fraction of sp³-hybridized carbons (Fsp3) is 0.625. The van der Waals surface area contributed by atoms with Crippen LogP contribution in [0.4, 0.5) is 13.2 Å². The summed E-state index contributed by atoms with van der Waals surface area (Å²) in [6.07, 6.45) is 2.22. The molecule has 1 aromatic rings. The molecule has 0 aliphatic carbocycles. The van der Waals surface area contributed by atoms with Crippen molar-refractivity contribution in [2.75, 3.05) is 19.3 Å². The first-order valence-corrected chi connectivity index (χ1v) is 10.2. The molecule has 12 heteroatoms. The van der Waals surface area contributed by atoms with Crippen molar-refractivity contribution in [2.45, 2.75) is 49.3 Å². The molecule has 0 saturated heterocycles. The molecular weight excluding hydrogens is 419 g/mol. The highest BCUT2D eigenvalue weighted by Gasteiger charge is 2.26. The topological polar surface area (TPSA) is 104 Å². The maximum atomic E-state index is 12.1. The molecule has 0 amide bonds. The molecule has 28 heavy (non-hydrogen) atoms. The quantitative estimate of drug-likeness (QED) is 0.285. The number of unbranched alkanes of at least 4 members (excludes halogenated alkanes) is 2. The lowest BCUT2D eigenvalue weighted by atomic mass is 10.1. The Bertz CT molecular complexity index is 656. The number of aromatic nitrogens is 2. The van der Waals surface area contributed by atoms with Gasteiger partial charge in [0.15, 0.2) is 0 Å². The highest BCUT2D eigenvalue weighted by Crippen LogP contribution is 2.32. The highest BCUT2D eigenvalue weighted by molar-refractivity contribution is 7.99. The van der Waals surface area contributed by atoms with Crippen LogP contribution >= 0.6 is 23.5 Å². The molecule has 1 atom stereocenters. The number of alkyl halides is 3. The number of carboxylic acid groups (broad SMARTS) is 2. The van der Waals surface area contributed by atoms with Crippen LogP contribution in [0.15, 0.2) is 17.2 Å². The first-order valence-electron chi connectivity index (χ1n) is 8.47. The first kappa shape index (κ1) is 24.4. The van der Waals surface area contributed by atoms with Gasteiger partial charge in [0, 0.05) is 13.0 Å². The minimum Gasteiger partial charge on any atom is -0.473 e. The van der Waals surface area contributed by atoms with Crippen LogP contribution in [0.5, 0.6) is 0 Å². The third-order valence-corrected chi connectivity index (χ3v) is 5.46. The lowest BCUT2D eigenvalue weighted by Gasteiger charge is -2.27. The number of hydrogen-bond donors (Lipinski definition) is 2. The Balaban J connectivity index is 0.000000568. The molecule has 0 fully saturated rings.